The van der Waals surface area contributed by atoms with Crippen molar-refractivity contribution < 1.29 is 9.59 Å². The van der Waals surface area contributed by atoms with Gasteiger partial charge in [0.05, 0.1) is 11.8 Å². The highest BCUT2D eigenvalue weighted by Gasteiger charge is 2.34. The predicted octanol–water partition coefficient (Wildman–Crippen LogP) is 6.33. The molecule has 2 aromatic carbocycles. The Morgan fingerprint density at radius 1 is 1.11 bits per heavy atom. The van der Waals surface area contributed by atoms with Crippen LogP contribution in [0.2, 0.25) is 0 Å². The van der Waals surface area contributed by atoms with E-state index >= 15 is 0 Å². The zero-order chi connectivity index (χ0) is 25.7. The third-order valence-corrected chi connectivity index (χ3v) is 8.51. The van der Waals surface area contributed by atoms with E-state index in [9.17, 15) is 9.59 Å². The van der Waals surface area contributed by atoms with Crippen LogP contribution < -0.4 is 0 Å². The van der Waals surface area contributed by atoms with Gasteiger partial charge in [-0.1, -0.05) is 69.3 Å². The van der Waals surface area contributed by atoms with E-state index < -0.39 is 0 Å². The molecule has 0 radical (unpaired) electrons. The molecule has 1 unspecified atom stereocenters. The number of fused-ring (bicyclic) bond motifs is 1. The van der Waals surface area contributed by atoms with Gasteiger partial charge in [0, 0.05) is 22.9 Å². The molecule has 0 spiro atoms. The summed E-state index contributed by atoms with van der Waals surface area (Å²) in [4.78, 5) is 32.7. The summed E-state index contributed by atoms with van der Waals surface area (Å²) in [5.74, 6) is 0.199. The standard InChI is InChI=1S/C30H34N2O2S2/c1-5-17-31(28(34)21-36-24-9-7-6-8-10-24)20-27(33)32-18-15-26-25(16-19-35-26)29(32)22-11-13-23(14-12-22)30(2,3)4/h5-14,16,19,29H,1,15,17-18,20-21H2,2-4H3. The van der Waals surface area contributed by atoms with Gasteiger partial charge in [-0.15, -0.1) is 29.7 Å². The van der Waals surface area contributed by atoms with E-state index in [0.717, 1.165) is 16.9 Å². The molecule has 1 aliphatic heterocycles. The number of hydrogen-bond donors (Lipinski definition) is 0. The van der Waals surface area contributed by atoms with Crippen LogP contribution >= 0.6 is 23.1 Å². The zero-order valence-electron chi connectivity index (χ0n) is 21.3. The second-order valence-electron chi connectivity index (χ2n) is 10.1. The molecule has 2 amide bonds. The molecule has 188 valence electrons. The molecule has 0 fully saturated rings. The van der Waals surface area contributed by atoms with Crippen LogP contribution in [-0.2, 0) is 21.4 Å². The summed E-state index contributed by atoms with van der Waals surface area (Å²) < 4.78 is 0. The van der Waals surface area contributed by atoms with Crippen molar-refractivity contribution in [2.75, 3.05) is 25.4 Å². The number of nitrogens with zero attached hydrogens (tertiary/aromatic N) is 2. The van der Waals surface area contributed by atoms with Gasteiger partial charge in [-0.25, -0.2) is 0 Å². The molecule has 1 atom stereocenters. The smallest absolute Gasteiger partial charge is 0.243 e. The minimum absolute atomic E-state index is 0.0309. The summed E-state index contributed by atoms with van der Waals surface area (Å²) in [7, 11) is 0. The normalized spacial score (nSPS) is 15.3. The largest absolute Gasteiger partial charge is 0.330 e. The molecule has 0 N–H and O–H groups in total. The number of carbonyl (C=O) groups excluding carboxylic acids is 2. The highest BCUT2D eigenvalue weighted by molar-refractivity contribution is 8.00. The van der Waals surface area contributed by atoms with Gasteiger partial charge in [0.25, 0.3) is 0 Å². The van der Waals surface area contributed by atoms with Crippen LogP contribution in [0.1, 0.15) is 48.4 Å². The molecule has 0 aliphatic carbocycles. The van der Waals surface area contributed by atoms with Crippen molar-refractivity contribution >= 4 is 34.9 Å². The summed E-state index contributed by atoms with van der Waals surface area (Å²) in [5.41, 5.74) is 3.64. The van der Waals surface area contributed by atoms with E-state index in [1.165, 1.54) is 27.8 Å². The maximum atomic E-state index is 13.7. The van der Waals surface area contributed by atoms with Gasteiger partial charge >= 0.3 is 0 Å². The minimum Gasteiger partial charge on any atom is -0.330 e. The highest BCUT2D eigenvalue weighted by Crippen LogP contribution is 2.38. The number of hydrogen-bond acceptors (Lipinski definition) is 4. The number of rotatable bonds is 8. The lowest BCUT2D eigenvalue weighted by atomic mass is 9.85. The van der Waals surface area contributed by atoms with Crippen LogP contribution in [0, 0.1) is 0 Å². The van der Waals surface area contributed by atoms with Crippen LogP contribution in [0.4, 0.5) is 0 Å². The molecule has 1 aromatic heterocycles. The van der Waals surface area contributed by atoms with Gasteiger partial charge < -0.3 is 9.80 Å². The number of thioether (sulfide) groups is 1. The summed E-state index contributed by atoms with van der Waals surface area (Å²) >= 11 is 3.25. The summed E-state index contributed by atoms with van der Waals surface area (Å²) in [5, 5.41) is 2.11. The van der Waals surface area contributed by atoms with Gasteiger partial charge in [-0.2, -0.15) is 0 Å². The molecule has 36 heavy (non-hydrogen) atoms. The van der Waals surface area contributed by atoms with Crippen molar-refractivity contribution in [1.82, 2.24) is 9.80 Å². The summed E-state index contributed by atoms with van der Waals surface area (Å²) in [6.07, 6.45) is 2.53. The van der Waals surface area contributed by atoms with E-state index in [4.69, 9.17) is 0 Å². The topological polar surface area (TPSA) is 40.6 Å². The van der Waals surface area contributed by atoms with Crippen molar-refractivity contribution in [1.29, 1.82) is 0 Å². The first-order valence-corrected chi connectivity index (χ1v) is 14.2. The Morgan fingerprint density at radius 2 is 1.83 bits per heavy atom. The fourth-order valence-electron chi connectivity index (χ4n) is 4.53. The molecule has 3 aromatic rings. The zero-order valence-corrected chi connectivity index (χ0v) is 22.9. The second kappa shape index (κ2) is 11.5. The molecule has 2 heterocycles. The third kappa shape index (κ3) is 6.11. The van der Waals surface area contributed by atoms with Gasteiger partial charge in [-0.3, -0.25) is 9.59 Å². The molecular formula is C30H34N2O2S2. The molecule has 6 heteroatoms. The lowest BCUT2D eigenvalue weighted by Gasteiger charge is -2.37. The van der Waals surface area contributed by atoms with E-state index in [1.807, 2.05) is 35.2 Å². The Hall–Kier alpha value is -2.83. The SMILES string of the molecule is C=CCN(CC(=O)N1CCc2sccc2C1c1ccc(C(C)(C)C)cc1)C(=O)CSc1ccccc1. The first kappa shape index (κ1) is 26.2. The Labute approximate surface area is 223 Å². The Morgan fingerprint density at radius 3 is 2.50 bits per heavy atom. The number of benzene rings is 2. The van der Waals surface area contributed by atoms with Gasteiger partial charge in [0.1, 0.15) is 6.54 Å². The average molecular weight is 519 g/mol. The maximum Gasteiger partial charge on any atom is 0.243 e. The van der Waals surface area contributed by atoms with E-state index in [0.29, 0.717) is 13.1 Å². The number of amides is 2. The first-order valence-electron chi connectivity index (χ1n) is 12.3. The van der Waals surface area contributed by atoms with Gasteiger partial charge in [-0.05, 0) is 52.1 Å². The van der Waals surface area contributed by atoms with Crippen molar-refractivity contribution in [2.24, 2.45) is 0 Å². The number of carbonyl (C=O) groups is 2. The quantitative estimate of drug-likeness (QED) is 0.259. The van der Waals surface area contributed by atoms with Crippen LogP contribution in [0.5, 0.6) is 0 Å². The van der Waals surface area contributed by atoms with E-state index in [-0.39, 0.29) is 35.6 Å². The molecule has 0 saturated carbocycles. The van der Waals surface area contributed by atoms with Crippen molar-refractivity contribution in [3.05, 3.63) is 100 Å². The molecular weight excluding hydrogens is 484 g/mol. The fraction of sp³-hybridized carbons (Fsp3) is 0.333. The van der Waals surface area contributed by atoms with Crippen LogP contribution in [0.3, 0.4) is 0 Å². The van der Waals surface area contributed by atoms with E-state index in [1.54, 1.807) is 22.3 Å². The van der Waals surface area contributed by atoms with Crippen LogP contribution in [-0.4, -0.2) is 47.0 Å². The molecule has 0 saturated heterocycles. The Balaban J connectivity index is 1.53. The van der Waals surface area contributed by atoms with Crippen molar-refractivity contribution in [3.63, 3.8) is 0 Å². The van der Waals surface area contributed by atoms with Crippen LogP contribution in [0.25, 0.3) is 0 Å². The molecule has 0 bridgehead atoms. The number of thiophene rings is 1. The second-order valence-corrected chi connectivity index (χ2v) is 12.1. The monoisotopic (exact) mass is 518 g/mol. The van der Waals surface area contributed by atoms with E-state index in [2.05, 4.69) is 63.1 Å². The Kier molecular flexibility index (Phi) is 8.37. The predicted molar refractivity (Wildman–Crippen MR) is 151 cm³/mol. The Bertz CT molecular complexity index is 1200. The van der Waals surface area contributed by atoms with Crippen LogP contribution in [0.15, 0.2) is 83.6 Å². The summed E-state index contributed by atoms with van der Waals surface area (Å²) in [6.45, 7) is 11.5. The van der Waals surface area contributed by atoms with Gasteiger partial charge in [0.15, 0.2) is 0 Å². The lowest BCUT2D eigenvalue weighted by Crippen LogP contribution is -2.47. The fourth-order valence-corrected chi connectivity index (χ4v) is 6.25. The third-order valence-electron chi connectivity index (χ3n) is 6.51. The summed E-state index contributed by atoms with van der Waals surface area (Å²) in [6, 6.07) is 20.5. The minimum atomic E-state index is -0.138. The maximum absolute atomic E-state index is 13.7. The van der Waals surface area contributed by atoms with Gasteiger partial charge in [0.2, 0.25) is 11.8 Å². The molecule has 4 nitrogen and oxygen atoms in total. The first-order chi connectivity index (χ1) is 17.3. The molecule has 4 rings (SSSR count). The van der Waals surface area contributed by atoms with Crippen molar-refractivity contribution in [3.8, 4) is 0 Å². The molecule has 1 aliphatic rings. The highest BCUT2D eigenvalue weighted by atomic mass is 32.2. The average Bonchev–Trinajstić information content (AvgIpc) is 3.35. The van der Waals surface area contributed by atoms with Crippen molar-refractivity contribution in [2.45, 2.75) is 43.5 Å². The lowest BCUT2D eigenvalue weighted by molar-refractivity contribution is -0.140.